The Morgan fingerprint density at radius 2 is 1.88 bits per heavy atom. The number of hydrogen-bond donors (Lipinski definition) is 0. The smallest absolute Gasteiger partial charge is 0.235 e. The van der Waals surface area contributed by atoms with Crippen molar-refractivity contribution in [2.75, 3.05) is 5.75 Å². The summed E-state index contributed by atoms with van der Waals surface area (Å²) in [5.41, 5.74) is 0.488. The summed E-state index contributed by atoms with van der Waals surface area (Å²) in [5, 5.41) is 0. The molecule has 0 radical (unpaired) electrons. The zero-order valence-corrected chi connectivity index (χ0v) is 11.0. The predicted molar refractivity (Wildman–Crippen MR) is 67.5 cm³/mol. The monoisotopic (exact) mass is 274 g/mol. The minimum absolute atomic E-state index is 0.0889. The van der Waals surface area contributed by atoms with Crippen LogP contribution in [-0.2, 0) is 20.4 Å². The molecule has 1 aliphatic carbocycles. The van der Waals surface area contributed by atoms with Gasteiger partial charge in [-0.25, -0.2) is 8.42 Å². The molecule has 1 aliphatic rings. The first-order chi connectivity index (χ1) is 7.99. The van der Waals surface area contributed by atoms with Crippen LogP contribution in [0, 0.1) is 0 Å². The van der Waals surface area contributed by atoms with Crippen LogP contribution in [0.25, 0.3) is 0 Å². The van der Waals surface area contributed by atoms with Gasteiger partial charge in [0.05, 0.1) is 18.0 Å². The summed E-state index contributed by atoms with van der Waals surface area (Å²) < 4.78 is 28.0. The van der Waals surface area contributed by atoms with Crippen molar-refractivity contribution in [1.82, 2.24) is 0 Å². The van der Waals surface area contributed by atoms with Crippen LogP contribution in [0.15, 0.2) is 30.3 Å². The van der Waals surface area contributed by atoms with E-state index in [4.69, 9.17) is 15.4 Å². The van der Waals surface area contributed by atoms with Crippen molar-refractivity contribution >= 4 is 19.7 Å². The highest BCUT2D eigenvalue weighted by atomic mass is 35.7. The number of rotatable bonds is 5. The quantitative estimate of drug-likeness (QED) is 0.776. The molecule has 5 heteroatoms. The van der Waals surface area contributed by atoms with Crippen molar-refractivity contribution in [2.24, 2.45) is 0 Å². The molecular formula is C12H15ClO3S. The third-order valence-electron chi connectivity index (χ3n) is 3.09. The van der Waals surface area contributed by atoms with Gasteiger partial charge in [-0.3, -0.25) is 0 Å². The van der Waals surface area contributed by atoms with Crippen molar-refractivity contribution in [3.8, 4) is 0 Å². The molecule has 17 heavy (non-hydrogen) atoms. The van der Waals surface area contributed by atoms with Crippen molar-refractivity contribution < 1.29 is 13.2 Å². The molecule has 2 rings (SSSR count). The Hall–Kier alpha value is -0.580. The lowest BCUT2D eigenvalue weighted by Crippen LogP contribution is -2.45. The van der Waals surface area contributed by atoms with E-state index < -0.39 is 14.7 Å². The van der Waals surface area contributed by atoms with Crippen molar-refractivity contribution in [2.45, 2.75) is 31.5 Å². The molecule has 0 saturated heterocycles. The summed E-state index contributed by atoms with van der Waals surface area (Å²) >= 11 is 0. The Morgan fingerprint density at radius 1 is 1.24 bits per heavy atom. The second-order valence-corrected chi connectivity index (χ2v) is 7.27. The lowest BCUT2D eigenvalue weighted by Gasteiger charge is -2.40. The molecule has 0 amide bonds. The van der Waals surface area contributed by atoms with E-state index in [1.807, 2.05) is 30.3 Å². The topological polar surface area (TPSA) is 43.4 Å². The molecule has 1 fully saturated rings. The van der Waals surface area contributed by atoms with Gasteiger partial charge in [-0.2, -0.15) is 0 Å². The first kappa shape index (κ1) is 12.9. The van der Waals surface area contributed by atoms with Crippen LogP contribution in [0.5, 0.6) is 0 Å². The Labute approximate surface area is 106 Å². The molecule has 0 aliphatic heterocycles. The summed E-state index contributed by atoms with van der Waals surface area (Å²) in [5.74, 6) is -0.0889. The molecule has 0 N–H and O–H groups in total. The molecular weight excluding hydrogens is 260 g/mol. The van der Waals surface area contributed by atoms with E-state index in [9.17, 15) is 8.42 Å². The van der Waals surface area contributed by atoms with E-state index in [1.165, 1.54) is 0 Å². The molecule has 0 spiro atoms. The first-order valence-electron chi connectivity index (χ1n) is 5.59. The van der Waals surface area contributed by atoms with Crippen molar-refractivity contribution in [1.29, 1.82) is 0 Å². The van der Waals surface area contributed by atoms with Crippen LogP contribution in [-0.4, -0.2) is 19.8 Å². The second-order valence-electron chi connectivity index (χ2n) is 4.49. The summed E-state index contributed by atoms with van der Waals surface area (Å²) in [6.45, 7) is 0.438. The van der Waals surface area contributed by atoms with Crippen LogP contribution in [0.3, 0.4) is 0 Å². The second kappa shape index (κ2) is 4.96. The normalized spacial score (nSPS) is 18.6. The fourth-order valence-electron chi connectivity index (χ4n) is 2.03. The molecule has 0 aromatic heterocycles. The molecule has 0 bridgehead atoms. The third kappa shape index (κ3) is 3.69. The average Bonchev–Trinajstić information content (AvgIpc) is 2.22. The van der Waals surface area contributed by atoms with Gasteiger partial charge in [-0.05, 0) is 24.8 Å². The summed E-state index contributed by atoms with van der Waals surface area (Å²) in [6, 6.07) is 9.73. The highest BCUT2D eigenvalue weighted by molar-refractivity contribution is 8.13. The maximum absolute atomic E-state index is 11.1. The predicted octanol–water partition coefficient (Wildman–Crippen LogP) is 2.69. The largest absolute Gasteiger partial charge is 0.369 e. The fraction of sp³-hybridized carbons (Fsp3) is 0.500. The van der Waals surface area contributed by atoms with Crippen LogP contribution in [0.1, 0.15) is 24.8 Å². The van der Waals surface area contributed by atoms with Gasteiger partial charge in [0.15, 0.2) is 0 Å². The SMILES string of the molecule is O=S(=O)(Cl)CC1(OCc2ccccc2)CCC1. The number of hydrogen-bond acceptors (Lipinski definition) is 3. The fourth-order valence-corrected chi connectivity index (χ4v) is 3.62. The minimum atomic E-state index is -3.50. The standard InChI is InChI=1S/C12H15ClO3S/c13-17(14,15)10-12(7-4-8-12)16-9-11-5-2-1-3-6-11/h1-3,5-6H,4,7-10H2. The van der Waals surface area contributed by atoms with Crippen LogP contribution >= 0.6 is 10.7 Å². The zero-order chi connectivity index (χ0) is 12.4. The molecule has 1 aromatic rings. The van der Waals surface area contributed by atoms with Gasteiger partial charge in [0.2, 0.25) is 9.05 Å². The lowest BCUT2D eigenvalue weighted by atomic mass is 9.81. The van der Waals surface area contributed by atoms with Gasteiger partial charge in [-0.15, -0.1) is 0 Å². The summed E-state index contributed by atoms with van der Waals surface area (Å²) in [7, 11) is 1.80. The molecule has 1 saturated carbocycles. The summed E-state index contributed by atoms with van der Waals surface area (Å²) in [4.78, 5) is 0. The zero-order valence-electron chi connectivity index (χ0n) is 9.43. The number of ether oxygens (including phenoxy) is 1. The highest BCUT2D eigenvalue weighted by Crippen LogP contribution is 2.38. The van der Waals surface area contributed by atoms with Crippen LogP contribution in [0.4, 0.5) is 0 Å². The Balaban J connectivity index is 1.96. The van der Waals surface area contributed by atoms with Crippen molar-refractivity contribution in [3.05, 3.63) is 35.9 Å². The van der Waals surface area contributed by atoms with Crippen LogP contribution < -0.4 is 0 Å². The third-order valence-corrected chi connectivity index (χ3v) is 4.29. The Morgan fingerprint density at radius 3 is 2.35 bits per heavy atom. The molecule has 0 atom stereocenters. The van der Waals surface area contributed by atoms with Gasteiger partial charge in [0.1, 0.15) is 0 Å². The van der Waals surface area contributed by atoms with Gasteiger partial charge >= 0.3 is 0 Å². The first-order valence-corrected chi connectivity index (χ1v) is 8.07. The molecule has 94 valence electrons. The summed E-state index contributed by atoms with van der Waals surface area (Å²) in [6.07, 6.45) is 2.54. The van der Waals surface area contributed by atoms with E-state index in [1.54, 1.807) is 0 Å². The van der Waals surface area contributed by atoms with E-state index in [0.717, 1.165) is 24.8 Å². The molecule has 3 nitrogen and oxygen atoms in total. The van der Waals surface area contributed by atoms with E-state index >= 15 is 0 Å². The maximum Gasteiger partial charge on any atom is 0.235 e. The molecule has 1 aromatic carbocycles. The minimum Gasteiger partial charge on any atom is -0.369 e. The maximum atomic E-state index is 11.1. The van der Waals surface area contributed by atoms with E-state index in [2.05, 4.69) is 0 Å². The highest BCUT2D eigenvalue weighted by Gasteiger charge is 2.41. The number of halogens is 1. The number of benzene rings is 1. The molecule has 0 heterocycles. The van der Waals surface area contributed by atoms with Crippen LogP contribution in [0.2, 0.25) is 0 Å². The van der Waals surface area contributed by atoms with E-state index in [-0.39, 0.29) is 5.75 Å². The molecule has 0 unspecified atom stereocenters. The van der Waals surface area contributed by atoms with Gasteiger partial charge in [0, 0.05) is 10.7 Å². The Bertz CT molecular complexity index is 466. The van der Waals surface area contributed by atoms with E-state index in [0.29, 0.717) is 6.61 Å². The Kier molecular flexibility index (Phi) is 3.76. The van der Waals surface area contributed by atoms with Crippen molar-refractivity contribution in [3.63, 3.8) is 0 Å². The average molecular weight is 275 g/mol. The lowest BCUT2D eigenvalue weighted by molar-refractivity contribution is -0.0920. The van der Waals surface area contributed by atoms with Gasteiger partial charge < -0.3 is 4.74 Å². The van der Waals surface area contributed by atoms with Gasteiger partial charge in [0.25, 0.3) is 0 Å². The van der Waals surface area contributed by atoms with Gasteiger partial charge in [-0.1, -0.05) is 30.3 Å².